The molecule has 0 radical (unpaired) electrons. The minimum absolute atomic E-state index is 0.151. The van der Waals surface area contributed by atoms with Gasteiger partial charge in [-0.2, -0.15) is 18.3 Å². The first-order chi connectivity index (χ1) is 21.6. The van der Waals surface area contributed by atoms with Crippen molar-refractivity contribution in [1.29, 1.82) is 0 Å². The highest BCUT2D eigenvalue weighted by Gasteiger charge is 2.42. The van der Waals surface area contributed by atoms with Gasteiger partial charge in [-0.15, -0.1) is 0 Å². The van der Waals surface area contributed by atoms with Gasteiger partial charge in [-0.25, -0.2) is 14.5 Å². The van der Waals surface area contributed by atoms with Gasteiger partial charge in [-0.05, 0) is 66.8 Å². The van der Waals surface area contributed by atoms with Gasteiger partial charge >= 0.3 is 18.1 Å². The van der Waals surface area contributed by atoms with Crippen LogP contribution in [0.2, 0.25) is 0 Å². The van der Waals surface area contributed by atoms with E-state index in [0.29, 0.717) is 49.1 Å². The van der Waals surface area contributed by atoms with E-state index in [1.165, 1.54) is 12.7 Å². The second-order valence-electron chi connectivity index (χ2n) is 11.3. The standard InChI is InChI=1S/C32H37F3N4O6/c1-39-28(44-15-11-24-7-5-21-4-3-12-36-30(21)37-24)19-25(38-39)16-23(18-29(40)45-31(41)32(33,34)35)26-17-22(6-8-27(26)42-2)20-9-13-43-14-10-20/h5-8,17,19-20,23H,3-4,9-16,18H2,1-2H3,(H,36,37). The summed E-state index contributed by atoms with van der Waals surface area (Å²) in [5.41, 5.74) is 4.27. The van der Waals surface area contributed by atoms with Crippen LogP contribution in [-0.2, 0) is 45.4 Å². The van der Waals surface area contributed by atoms with E-state index in [0.717, 1.165) is 49.3 Å². The molecule has 1 saturated heterocycles. The molecule has 1 atom stereocenters. The number of nitrogens with zero attached hydrogens (tertiary/aromatic N) is 3. The lowest BCUT2D eigenvalue weighted by Crippen LogP contribution is -2.28. The number of rotatable bonds is 11. The molecule has 3 aromatic rings. The number of methoxy groups -OCH3 is 1. The van der Waals surface area contributed by atoms with E-state index in [1.54, 1.807) is 23.9 Å². The molecule has 1 unspecified atom stereocenters. The second kappa shape index (κ2) is 14.3. The summed E-state index contributed by atoms with van der Waals surface area (Å²) in [6, 6.07) is 11.5. The van der Waals surface area contributed by atoms with Gasteiger partial charge in [0.25, 0.3) is 0 Å². The third-order valence-corrected chi connectivity index (χ3v) is 8.14. The Labute approximate surface area is 259 Å². The molecule has 0 aliphatic carbocycles. The zero-order chi connectivity index (χ0) is 32.0. The number of anilines is 1. The molecule has 0 spiro atoms. The van der Waals surface area contributed by atoms with Gasteiger partial charge in [0.2, 0.25) is 5.88 Å². The van der Waals surface area contributed by atoms with E-state index in [1.807, 2.05) is 18.2 Å². The maximum atomic E-state index is 12.8. The van der Waals surface area contributed by atoms with Crippen LogP contribution < -0.4 is 14.8 Å². The highest BCUT2D eigenvalue weighted by molar-refractivity contribution is 5.88. The number of nitrogens with one attached hydrogen (secondary N) is 1. The first kappa shape index (κ1) is 32.3. The molecule has 242 valence electrons. The van der Waals surface area contributed by atoms with Crippen molar-refractivity contribution in [2.24, 2.45) is 7.05 Å². The van der Waals surface area contributed by atoms with Crippen molar-refractivity contribution in [3.63, 3.8) is 0 Å². The molecule has 0 saturated carbocycles. The summed E-state index contributed by atoms with van der Waals surface area (Å²) in [5, 5.41) is 7.87. The summed E-state index contributed by atoms with van der Waals surface area (Å²) in [6.07, 6.45) is -1.33. The van der Waals surface area contributed by atoms with Crippen molar-refractivity contribution in [2.45, 2.75) is 63.0 Å². The zero-order valence-corrected chi connectivity index (χ0v) is 25.3. The molecular formula is C32H37F3N4O6. The number of hydrogen-bond donors (Lipinski definition) is 1. The van der Waals surface area contributed by atoms with Crippen LogP contribution in [-0.4, -0.2) is 66.4 Å². The largest absolute Gasteiger partial charge is 0.496 e. The van der Waals surface area contributed by atoms with E-state index in [9.17, 15) is 22.8 Å². The normalized spacial score (nSPS) is 15.9. The Morgan fingerprint density at radius 3 is 2.69 bits per heavy atom. The fraction of sp³-hybridized carbons (Fsp3) is 0.500. The summed E-state index contributed by atoms with van der Waals surface area (Å²) in [4.78, 5) is 28.7. The number of hydrogen-bond acceptors (Lipinski definition) is 9. The van der Waals surface area contributed by atoms with Crippen molar-refractivity contribution in [3.8, 4) is 11.6 Å². The Kier molecular flexibility index (Phi) is 10.3. The molecule has 1 aromatic carbocycles. The van der Waals surface area contributed by atoms with E-state index < -0.39 is 30.5 Å². The van der Waals surface area contributed by atoms with Crippen molar-refractivity contribution >= 4 is 17.8 Å². The fourth-order valence-corrected chi connectivity index (χ4v) is 5.82. The van der Waals surface area contributed by atoms with Crippen LogP contribution in [0, 0.1) is 0 Å². The Morgan fingerprint density at radius 1 is 1.13 bits per heavy atom. The molecule has 0 amide bonds. The van der Waals surface area contributed by atoms with Gasteiger partial charge in [0.05, 0.1) is 25.8 Å². The highest BCUT2D eigenvalue weighted by atomic mass is 19.4. The van der Waals surface area contributed by atoms with E-state index in [4.69, 9.17) is 19.2 Å². The molecule has 2 aliphatic heterocycles. The smallest absolute Gasteiger partial charge is 0.491 e. The number of fused-ring (bicyclic) bond motifs is 1. The van der Waals surface area contributed by atoms with E-state index >= 15 is 0 Å². The molecule has 0 bridgehead atoms. The van der Waals surface area contributed by atoms with Gasteiger partial charge < -0.3 is 24.3 Å². The number of carbonyl (C=O) groups is 2. The molecule has 13 heteroatoms. The number of ether oxygens (including phenoxy) is 4. The summed E-state index contributed by atoms with van der Waals surface area (Å²) in [5.74, 6) is -2.46. The number of aryl methyl sites for hydroxylation is 2. The summed E-state index contributed by atoms with van der Waals surface area (Å²) in [6.45, 7) is 2.50. The van der Waals surface area contributed by atoms with Gasteiger partial charge in [0, 0.05) is 50.9 Å². The van der Waals surface area contributed by atoms with Crippen LogP contribution in [0.25, 0.3) is 0 Å². The predicted molar refractivity (Wildman–Crippen MR) is 157 cm³/mol. The highest BCUT2D eigenvalue weighted by Crippen LogP contribution is 2.37. The number of halogens is 3. The third-order valence-electron chi connectivity index (χ3n) is 8.14. The van der Waals surface area contributed by atoms with Gasteiger partial charge in [0.15, 0.2) is 0 Å². The van der Waals surface area contributed by atoms with Gasteiger partial charge in [-0.1, -0.05) is 18.2 Å². The number of alkyl halides is 3. The lowest BCUT2D eigenvalue weighted by Gasteiger charge is -2.25. The zero-order valence-electron chi connectivity index (χ0n) is 25.3. The van der Waals surface area contributed by atoms with E-state index in [-0.39, 0.29) is 12.3 Å². The molecule has 1 N–H and O–H groups in total. The second-order valence-corrected chi connectivity index (χ2v) is 11.3. The van der Waals surface area contributed by atoms with Crippen LogP contribution in [0.4, 0.5) is 19.0 Å². The molecular weight excluding hydrogens is 593 g/mol. The average molecular weight is 631 g/mol. The van der Waals surface area contributed by atoms with Crippen LogP contribution in [0.1, 0.15) is 65.6 Å². The van der Waals surface area contributed by atoms with Crippen molar-refractivity contribution in [1.82, 2.24) is 14.8 Å². The number of carbonyl (C=O) groups excluding carboxylic acids is 2. The Bertz CT molecular complexity index is 1500. The van der Waals surface area contributed by atoms with Gasteiger partial charge in [-0.3, -0.25) is 4.79 Å². The summed E-state index contributed by atoms with van der Waals surface area (Å²) < 4.78 is 61.3. The topological polar surface area (TPSA) is 114 Å². The minimum Gasteiger partial charge on any atom is -0.496 e. The van der Waals surface area contributed by atoms with Crippen LogP contribution in [0.5, 0.6) is 11.6 Å². The molecule has 1 fully saturated rings. The quantitative estimate of drug-likeness (QED) is 0.230. The molecule has 4 heterocycles. The number of pyridine rings is 1. The van der Waals surface area contributed by atoms with Crippen LogP contribution in [0.3, 0.4) is 0 Å². The Balaban J connectivity index is 1.33. The van der Waals surface area contributed by atoms with E-state index in [2.05, 4.69) is 21.2 Å². The first-order valence-corrected chi connectivity index (χ1v) is 15.1. The SMILES string of the molecule is COc1ccc(C2CCOCC2)cc1C(CC(=O)OC(=O)C(F)(F)F)Cc1cc(OCCc2ccc3c(n2)NCCC3)n(C)n1. The van der Waals surface area contributed by atoms with Crippen LogP contribution >= 0.6 is 0 Å². The number of benzene rings is 1. The summed E-state index contributed by atoms with van der Waals surface area (Å²) >= 11 is 0. The number of esters is 2. The van der Waals surface area contributed by atoms with Crippen molar-refractivity contribution in [3.05, 3.63) is 64.5 Å². The fourth-order valence-electron chi connectivity index (χ4n) is 5.82. The van der Waals surface area contributed by atoms with Gasteiger partial charge in [0.1, 0.15) is 11.6 Å². The Hall–Kier alpha value is -4.13. The molecule has 2 aliphatic rings. The van der Waals surface area contributed by atoms with Crippen molar-refractivity contribution < 1.29 is 41.7 Å². The maximum absolute atomic E-state index is 12.8. The molecule has 10 nitrogen and oxygen atoms in total. The maximum Gasteiger partial charge on any atom is 0.491 e. The average Bonchev–Trinajstić information content (AvgIpc) is 3.38. The predicted octanol–water partition coefficient (Wildman–Crippen LogP) is 5.05. The first-order valence-electron chi connectivity index (χ1n) is 15.1. The third kappa shape index (κ3) is 8.33. The Morgan fingerprint density at radius 2 is 1.93 bits per heavy atom. The molecule has 5 rings (SSSR count). The number of aromatic nitrogens is 3. The summed E-state index contributed by atoms with van der Waals surface area (Å²) in [7, 11) is 3.20. The molecule has 45 heavy (non-hydrogen) atoms. The van der Waals surface area contributed by atoms with Crippen molar-refractivity contribution in [2.75, 3.05) is 38.8 Å². The minimum atomic E-state index is -5.29. The lowest BCUT2D eigenvalue weighted by atomic mass is 9.85. The molecule has 2 aromatic heterocycles. The lowest BCUT2D eigenvalue weighted by molar-refractivity contribution is -0.202. The monoisotopic (exact) mass is 630 g/mol. The van der Waals surface area contributed by atoms with Crippen LogP contribution in [0.15, 0.2) is 36.4 Å².